The predicted octanol–water partition coefficient (Wildman–Crippen LogP) is 5.18. The van der Waals surface area contributed by atoms with Crippen LogP contribution < -0.4 is 5.32 Å². The zero-order valence-corrected chi connectivity index (χ0v) is 19.8. The molecule has 0 aliphatic carbocycles. The molecule has 1 atom stereocenters. The van der Waals surface area contributed by atoms with E-state index in [1.165, 1.54) is 12.2 Å². The van der Waals surface area contributed by atoms with Crippen molar-refractivity contribution in [2.45, 2.75) is 24.4 Å². The number of nitrogens with one attached hydrogen (secondary N) is 1. The molecule has 3 aromatic carbocycles. The Balaban J connectivity index is 2.10. The lowest BCUT2D eigenvalue weighted by Gasteiger charge is -2.39. The van der Waals surface area contributed by atoms with E-state index in [1.54, 1.807) is 0 Å². The fourth-order valence-corrected chi connectivity index (χ4v) is 4.05. The molecule has 180 valence electrons. The van der Waals surface area contributed by atoms with E-state index >= 15 is 0 Å². The second-order valence-electron chi connectivity index (χ2n) is 7.97. The summed E-state index contributed by atoms with van der Waals surface area (Å²) in [6.45, 7) is 7.40. The summed E-state index contributed by atoms with van der Waals surface area (Å²) in [5.41, 5.74) is 1.97. The van der Waals surface area contributed by atoms with E-state index in [9.17, 15) is 9.59 Å². The van der Waals surface area contributed by atoms with Crippen LogP contribution in [0.4, 0.5) is 0 Å². The van der Waals surface area contributed by atoms with Crippen molar-refractivity contribution in [1.82, 2.24) is 5.32 Å². The van der Waals surface area contributed by atoms with Crippen LogP contribution in [0.15, 0.2) is 116 Å². The Morgan fingerprint density at radius 3 is 1.60 bits per heavy atom. The first-order chi connectivity index (χ1) is 17.1. The summed E-state index contributed by atoms with van der Waals surface area (Å²) < 4.78 is 10.6. The third kappa shape index (κ3) is 6.55. The molecule has 0 radical (unpaired) electrons. The van der Waals surface area contributed by atoms with Crippen LogP contribution in [0.1, 0.15) is 29.5 Å². The normalized spacial score (nSPS) is 11.8. The molecule has 0 saturated carbocycles. The maximum absolute atomic E-state index is 13.2. The van der Waals surface area contributed by atoms with Crippen molar-refractivity contribution >= 4 is 11.9 Å². The summed E-state index contributed by atoms with van der Waals surface area (Å²) in [6.07, 6.45) is 3.27. The molecule has 0 unspecified atom stereocenters. The molecule has 0 aromatic heterocycles. The first-order valence-electron chi connectivity index (χ1n) is 11.6. The number of hydrogen-bond acceptors (Lipinski definition) is 5. The molecule has 0 saturated heterocycles. The minimum absolute atomic E-state index is 0.0448. The molecule has 0 aliphatic heterocycles. The number of benzene rings is 3. The van der Waals surface area contributed by atoms with Gasteiger partial charge in [-0.05, 0) is 23.1 Å². The van der Waals surface area contributed by atoms with Crippen LogP contribution in [-0.4, -0.2) is 31.2 Å². The second-order valence-corrected chi connectivity index (χ2v) is 7.97. The number of esters is 2. The lowest BCUT2D eigenvalue weighted by molar-refractivity contribution is -0.146. The molecular formula is C30H31NO4. The monoisotopic (exact) mass is 469 g/mol. The van der Waals surface area contributed by atoms with Gasteiger partial charge in [-0.1, -0.05) is 116 Å². The topological polar surface area (TPSA) is 64.6 Å². The molecule has 0 amide bonds. The van der Waals surface area contributed by atoms with Gasteiger partial charge in [0.25, 0.3) is 0 Å². The van der Waals surface area contributed by atoms with E-state index in [0.717, 1.165) is 16.7 Å². The fraction of sp³-hybridized carbons (Fsp3) is 0.200. The highest BCUT2D eigenvalue weighted by Crippen LogP contribution is 2.37. The van der Waals surface area contributed by atoms with E-state index in [4.69, 9.17) is 9.47 Å². The summed E-state index contributed by atoms with van der Waals surface area (Å²) in [4.78, 5) is 25.5. The van der Waals surface area contributed by atoms with Gasteiger partial charge in [-0.25, -0.2) is 0 Å². The van der Waals surface area contributed by atoms with Gasteiger partial charge in [0.15, 0.2) is 0 Å². The highest BCUT2D eigenvalue weighted by molar-refractivity contribution is 5.78. The van der Waals surface area contributed by atoms with E-state index in [2.05, 4.69) is 18.5 Å². The van der Waals surface area contributed by atoms with E-state index in [0.29, 0.717) is 0 Å². The zero-order chi connectivity index (χ0) is 24.9. The lowest BCUT2D eigenvalue weighted by atomic mass is 9.76. The molecular weight excluding hydrogens is 438 g/mol. The molecule has 0 fully saturated rings. The summed E-state index contributed by atoms with van der Waals surface area (Å²) >= 11 is 0. The number of carbonyl (C=O) groups is 2. The molecule has 3 aromatic rings. The molecule has 0 aliphatic rings. The number of carbonyl (C=O) groups excluding carboxylic acids is 2. The molecule has 1 N–H and O–H groups in total. The minimum atomic E-state index is -0.882. The van der Waals surface area contributed by atoms with Crippen molar-refractivity contribution in [3.05, 3.63) is 133 Å². The molecule has 35 heavy (non-hydrogen) atoms. The standard InChI is InChI=1S/C30H31NO4/c1-3-22-34-28(32)21-20-27(29(33)35-23-4-2)31-30(24-14-8-5-9-15-24,25-16-10-6-11-17-25)26-18-12-7-13-19-26/h3-19,27,31H,1-2,20-23H2/t27-/m0/s1. The van der Waals surface area contributed by atoms with Crippen LogP contribution in [0.25, 0.3) is 0 Å². The maximum atomic E-state index is 13.2. The molecule has 0 heterocycles. The van der Waals surface area contributed by atoms with Crippen molar-refractivity contribution in [2.24, 2.45) is 0 Å². The third-order valence-electron chi connectivity index (χ3n) is 5.64. The van der Waals surface area contributed by atoms with Crippen LogP contribution in [-0.2, 0) is 24.6 Å². The van der Waals surface area contributed by atoms with Gasteiger partial charge in [0.2, 0.25) is 0 Å². The van der Waals surface area contributed by atoms with Crippen molar-refractivity contribution in [3.8, 4) is 0 Å². The molecule has 5 nitrogen and oxygen atoms in total. The van der Waals surface area contributed by atoms with Crippen LogP contribution in [0.3, 0.4) is 0 Å². The van der Waals surface area contributed by atoms with Crippen LogP contribution in [0.5, 0.6) is 0 Å². The van der Waals surface area contributed by atoms with E-state index < -0.39 is 23.5 Å². The Morgan fingerprint density at radius 1 is 0.743 bits per heavy atom. The van der Waals surface area contributed by atoms with Gasteiger partial charge in [-0.3, -0.25) is 14.9 Å². The van der Waals surface area contributed by atoms with Gasteiger partial charge < -0.3 is 9.47 Å². The van der Waals surface area contributed by atoms with Gasteiger partial charge in [-0.15, -0.1) is 0 Å². The first kappa shape index (κ1) is 25.7. The van der Waals surface area contributed by atoms with Crippen molar-refractivity contribution in [2.75, 3.05) is 13.2 Å². The SMILES string of the molecule is C=CCOC(=O)CC[C@H](NC(c1ccccc1)(c1ccccc1)c1ccccc1)C(=O)OCC=C. The quantitative estimate of drug-likeness (QED) is 0.212. The smallest absolute Gasteiger partial charge is 0.323 e. The number of rotatable bonds is 13. The van der Waals surface area contributed by atoms with Crippen molar-refractivity contribution < 1.29 is 19.1 Å². The highest BCUT2D eigenvalue weighted by atomic mass is 16.5. The van der Waals surface area contributed by atoms with Gasteiger partial charge in [0.1, 0.15) is 19.3 Å². The first-order valence-corrected chi connectivity index (χ1v) is 11.6. The summed E-state index contributed by atoms with van der Waals surface area (Å²) in [5, 5.41) is 3.60. The van der Waals surface area contributed by atoms with Gasteiger partial charge >= 0.3 is 11.9 Å². The minimum Gasteiger partial charge on any atom is -0.461 e. The van der Waals surface area contributed by atoms with Crippen LogP contribution >= 0.6 is 0 Å². The Kier molecular flexibility index (Phi) is 9.58. The van der Waals surface area contributed by atoms with Gasteiger partial charge in [0.05, 0.1) is 5.54 Å². The number of ether oxygens (including phenoxy) is 2. The molecule has 5 heteroatoms. The lowest BCUT2D eigenvalue weighted by Crippen LogP contribution is -2.53. The average Bonchev–Trinajstić information content (AvgIpc) is 2.92. The highest BCUT2D eigenvalue weighted by Gasteiger charge is 2.40. The zero-order valence-electron chi connectivity index (χ0n) is 19.8. The van der Waals surface area contributed by atoms with Gasteiger partial charge in [0, 0.05) is 6.42 Å². The summed E-state index contributed by atoms with van der Waals surface area (Å²) in [7, 11) is 0. The Morgan fingerprint density at radius 2 is 1.17 bits per heavy atom. The Hall–Kier alpha value is -3.96. The third-order valence-corrected chi connectivity index (χ3v) is 5.64. The van der Waals surface area contributed by atoms with Crippen molar-refractivity contribution in [3.63, 3.8) is 0 Å². The summed E-state index contributed by atoms with van der Waals surface area (Å²) in [6, 6.07) is 29.0. The van der Waals surface area contributed by atoms with Gasteiger partial charge in [-0.2, -0.15) is 0 Å². The fourth-order valence-electron chi connectivity index (χ4n) is 4.05. The summed E-state index contributed by atoms with van der Waals surface area (Å²) in [5.74, 6) is -0.869. The largest absolute Gasteiger partial charge is 0.461 e. The molecule has 0 bridgehead atoms. The molecule has 0 spiro atoms. The number of hydrogen-bond donors (Lipinski definition) is 1. The van der Waals surface area contributed by atoms with Crippen LogP contribution in [0, 0.1) is 0 Å². The predicted molar refractivity (Wildman–Crippen MR) is 138 cm³/mol. The van der Waals surface area contributed by atoms with E-state index in [1.807, 2.05) is 91.0 Å². The van der Waals surface area contributed by atoms with E-state index in [-0.39, 0.29) is 26.1 Å². The maximum Gasteiger partial charge on any atom is 0.323 e. The second kappa shape index (κ2) is 13.1. The average molecular weight is 470 g/mol. The Labute approximate surface area is 207 Å². The van der Waals surface area contributed by atoms with Crippen molar-refractivity contribution in [1.29, 1.82) is 0 Å². The Bertz CT molecular complexity index is 1000. The molecule has 3 rings (SSSR count). The van der Waals surface area contributed by atoms with Crippen LogP contribution in [0.2, 0.25) is 0 Å².